The van der Waals surface area contributed by atoms with Gasteiger partial charge >= 0.3 is 5.69 Å². The summed E-state index contributed by atoms with van der Waals surface area (Å²) in [6.07, 6.45) is 0.805. The Morgan fingerprint density at radius 1 is 1.23 bits per heavy atom. The van der Waals surface area contributed by atoms with Crippen molar-refractivity contribution in [2.24, 2.45) is 0 Å². The van der Waals surface area contributed by atoms with E-state index in [4.69, 9.17) is 11.6 Å². The second kappa shape index (κ2) is 6.16. The van der Waals surface area contributed by atoms with E-state index in [1.54, 1.807) is 6.07 Å². The van der Waals surface area contributed by atoms with Crippen molar-refractivity contribution in [2.75, 3.05) is 0 Å². The molecule has 2 heterocycles. The van der Waals surface area contributed by atoms with E-state index in [-0.39, 0.29) is 30.4 Å². The molecule has 2 aromatic carbocycles. The molecule has 2 aromatic heterocycles. The third kappa shape index (κ3) is 2.58. The van der Waals surface area contributed by atoms with Gasteiger partial charge in [0.05, 0.1) is 43.5 Å². The van der Waals surface area contributed by atoms with E-state index in [0.717, 1.165) is 6.07 Å². The van der Waals surface area contributed by atoms with Crippen LogP contribution in [0.1, 0.15) is 12.5 Å². The number of fused-ring (bicyclic) bond motifs is 2. The van der Waals surface area contributed by atoms with Gasteiger partial charge in [-0.3, -0.25) is 9.48 Å². The zero-order chi connectivity index (χ0) is 21.4. The van der Waals surface area contributed by atoms with E-state index in [1.807, 2.05) is 0 Å². The smallest absolute Gasteiger partial charge is 0.362 e. The Balaban J connectivity index is 1.77. The normalized spacial score (nSPS) is 18.9. The van der Waals surface area contributed by atoms with Gasteiger partial charge in [0.1, 0.15) is 6.17 Å². The molecule has 0 aliphatic heterocycles. The summed E-state index contributed by atoms with van der Waals surface area (Å²) in [5.74, 6) is 0. The lowest BCUT2D eigenvalue weighted by molar-refractivity contribution is 0.162. The van der Waals surface area contributed by atoms with E-state index >= 15 is 0 Å². The van der Waals surface area contributed by atoms with Crippen LogP contribution in [0.4, 0.5) is 4.39 Å². The van der Waals surface area contributed by atoms with E-state index in [2.05, 4.69) is 10.1 Å². The first-order valence-electron chi connectivity index (χ1n) is 8.73. The van der Waals surface area contributed by atoms with Crippen LogP contribution in [-0.4, -0.2) is 39.3 Å². The molecule has 5 rings (SSSR count). The maximum absolute atomic E-state index is 13.5. The van der Waals surface area contributed by atoms with Crippen LogP contribution in [0, 0.1) is 0 Å². The van der Waals surface area contributed by atoms with Gasteiger partial charge in [0.2, 0.25) is 9.84 Å². The van der Waals surface area contributed by atoms with Crippen molar-refractivity contribution < 1.29 is 18.0 Å². The number of alkyl halides is 1. The minimum atomic E-state index is -4.23. The topological polar surface area (TPSA) is 127 Å². The molecule has 154 valence electrons. The molecule has 0 saturated heterocycles. The number of aromatic amines is 1. The molecule has 4 aromatic rings. The summed E-state index contributed by atoms with van der Waals surface area (Å²) in [5, 5.41) is 13.9. The van der Waals surface area contributed by atoms with Gasteiger partial charge in [-0.1, -0.05) is 16.3 Å². The fourth-order valence-corrected chi connectivity index (χ4v) is 5.13. The Labute approximate surface area is 171 Å². The average Bonchev–Trinajstić information content (AvgIpc) is 3.27. The highest BCUT2D eigenvalue weighted by molar-refractivity contribution is 7.91. The van der Waals surface area contributed by atoms with Crippen LogP contribution in [0.2, 0.25) is 5.02 Å². The van der Waals surface area contributed by atoms with Crippen LogP contribution in [0.25, 0.3) is 21.8 Å². The summed E-state index contributed by atoms with van der Waals surface area (Å²) in [5.41, 5.74) is -2.22. The number of H-pyrrole nitrogens is 1. The van der Waals surface area contributed by atoms with Crippen molar-refractivity contribution >= 4 is 43.2 Å². The molecule has 9 nitrogen and oxygen atoms in total. The number of rotatable bonds is 3. The first-order valence-corrected chi connectivity index (χ1v) is 10.6. The lowest BCUT2D eigenvalue weighted by atomic mass is 10.2. The molecule has 1 aliphatic carbocycles. The quantitative estimate of drug-likeness (QED) is 0.460. The number of nitrogens with one attached hydrogen (secondary N) is 1. The van der Waals surface area contributed by atoms with Gasteiger partial charge in [-0.25, -0.2) is 17.6 Å². The van der Waals surface area contributed by atoms with Crippen molar-refractivity contribution in [3.63, 3.8) is 0 Å². The van der Waals surface area contributed by atoms with Crippen LogP contribution < -0.4 is 11.2 Å². The number of aromatic nitrogens is 4. The third-order valence-corrected chi connectivity index (χ3v) is 7.22. The molecule has 1 saturated carbocycles. The Hall–Kier alpha value is -3.18. The lowest BCUT2D eigenvalue weighted by Gasteiger charge is -2.10. The molecule has 0 spiro atoms. The Bertz CT molecular complexity index is 1590. The van der Waals surface area contributed by atoms with Gasteiger partial charge in [0.15, 0.2) is 0 Å². The van der Waals surface area contributed by atoms with Crippen LogP contribution >= 0.6 is 11.6 Å². The minimum Gasteiger partial charge on any atom is -0.421 e. The predicted octanol–water partition coefficient (Wildman–Crippen LogP) is 2.05. The van der Waals surface area contributed by atoms with Crippen LogP contribution in [-0.2, 0) is 9.84 Å². The van der Waals surface area contributed by atoms with Gasteiger partial charge in [0, 0.05) is 11.8 Å². The molecular formula is C18H12ClFN4O5S. The fraction of sp³-hybridized carbons (Fsp3) is 0.167. The summed E-state index contributed by atoms with van der Waals surface area (Å²) in [6, 6.07) is 6.19. The number of nitrogens with zero attached hydrogens (tertiary/aromatic N) is 3. The zero-order valence-corrected chi connectivity index (χ0v) is 16.5. The summed E-state index contributed by atoms with van der Waals surface area (Å²) in [4.78, 5) is 25.8. The molecule has 12 heteroatoms. The number of benzene rings is 2. The van der Waals surface area contributed by atoms with Crippen LogP contribution in [0.3, 0.4) is 0 Å². The molecule has 0 unspecified atom stereocenters. The molecular weight excluding hydrogens is 439 g/mol. The molecule has 1 fully saturated rings. The highest BCUT2D eigenvalue weighted by Crippen LogP contribution is 2.40. The summed E-state index contributed by atoms with van der Waals surface area (Å²) >= 11 is 6.01. The van der Waals surface area contributed by atoms with Crippen molar-refractivity contribution in [2.45, 2.75) is 28.4 Å². The maximum atomic E-state index is 13.5. The first-order chi connectivity index (χ1) is 14.2. The summed E-state index contributed by atoms with van der Waals surface area (Å²) in [7, 11) is -4.23. The summed E-state index contributed by atoms with van der Waals surface area (Å²) < 4.78 is 41.5. The lowest BCUT2D eigenvalue weighted by Crippen LogP contribution is -2.33. The Morgan fingerprint density at radius 3 is 2.67 bits per heavy atom. The van der Waals surface area contributed by atoms with Gasteiger partial charge in [-0.15, -0.1) is 0 Å². The zero-order valence-electron chi connectivity index (χ0n) is 14.9. The predicted molar refractivity (Wildman–Crippen MR) is 105 cm³/mol. The minimum absolute atomic E-state index is 0.134. The number of hydrogen-bond acceptors (Lipinski definition) is 6. The third-order valence-electron chi connectivity index (χ3n) is 5.11. The first kappa shape index (κ1) is 18.8. The van der Waals surface area contributed by atoms with Gasteiger partial charge < -0.3 is 10.2 Å². The second-order valence-electron chi connectivity index (χ2n) is 6.97. The second-order valence-corrected chi connectivity index (χ2v) is 9.30. The highest BCUT2D eigenvalue weighted by Gasteiger charge is 2.40. The molecule has 0 bridgehead atoms. The summed E-state index contributed by atoms with van der Waals surface area (Å²) in [6.45, 7) is 0. The van der Waals surface area contributed by atoms with Gasteiger partial charge in [-0.2, -0.15) is 5.10 Å². The Kier molecular flexibility index (Phi) is 3.86. The molecule has 2 N–H and O–H groups in total. The molecule has 2 atom stereocenters. The van der Waals surface area contributed by atoms with E-state index in [1.165, 1.54) is 29.1 Å². The van der Waals surface area contributed by atoms with Gasteiger partial charge in [0.25, 0.3) is 5.56 Å². The van der Waals surface area contributed by atoms with Crippen LogP contribution in [0.5, 0.6) is 0 Å². The SMILES string of the molecule is O=c1[nH]c2c(S(=O)(=O)c3ccc4cnn([C@@H]5C[C@H]5F)c4c3)ccc(Cl)c2c(=O)n1O. The van der Waals surface area contributed by atoms with Crippen molar-refractivity contribution in [1.29, 1.82) is 0 Å². The number of sulfone groups is 1. The van der Waals surface area contributed by atoms with Gasteiger partial charge in [-0.05, 0) is 30.3 Å². The Morgan fingerprint density at radius 2 is 1.97 bits per heavy atom. The van der Waals surface area contributed by atoms with E-state index in [0.29, 0.717) is 17.3 Å². The maximum Gasteiger partial charge on any atom is 0.362 e. The van der Waals surface area contributed by atoms with Crippen molar-refractivity contribution in [1.82, 2.24) is 19.5 Å². The molecule has 0 amide bonds. The van der Waals surface area contributed by atoms with E-state index in [9.17, 15) is 27.6 Å². The fourth-order valence-electron chi connectivity index (χ4n) is 3.45. The molecule has 0 radical (unpaired) electrons. The van der Waals surface area contributed by atoms with Crippen molar-refractivity contribution in [3.8, 4) is 0 Å². The standard InChI is InChI=1S/C18H12ClFN4O5S/c19-10-3-4-14(16-15(10)17(25)24(27)18(26)22-16)30(28,29)9-2-1-8-7-21-23(12(8)5-9)13-6-11(13)20/h1-5,7,11,13,27H,6H2,(H,22,26)/t11-,13-/m1/s1. The monoisotopic (exact) mass is 450 g/mol. The van der Waals surface area contributed by atoms with Crippen molar-refractivity contribution in [3.05, 3.63) is 62.4 Å². The molecule has 30 heavy (non-hydrogen) atoms. The number of halogens is 2. The van der Waals surface area contributed by atoms with E-state index < -0.39 is 33.3 Å². The van der Waals surface area contributed by atoms with Crippen LogP contribution in [0.15, 0.2) is 55.9 Å². The largest absolute Gasteiger partial charge is 0.421 e. The molecule has 1 aliphatic rings. The number of hydrogen-bond donors (Lipinski definition) is 2. The average molecular weight is 451 g/mol. The highest BCUT2D eigenvalue weighted by atomic mass is 35.5.